The zero-order valence-electron chi connectivity index (χ0n) is 22.4. The molecule has 0 spiro atoms. The summed E-state index contributed by atoms with van der Waals surface area (Å²) in [5, 5.41) is 10.3. The second-order valence-electron chi connectivity index (χ2n) is 9.57. The molecule has 0 unspecified atom stereocenters. The largest absolute Gasteiger partial charge is 0.478 e. The van der Waals surface area contributed by atoms with Crippen LogP contribution in [0, 0.1) is 0 Å². The summed E-state index contributed by atoms with van der Waals surface area (Å²) in [4.78, 5) is 27.6. The Bertz CT molecular complexity index is 1900. The van der Waals surface area contributed by atoms with Crippen LogP contribution in [0.15, 0.2) is 97.2 Å². The van der Waals surface area contributed by atoms with E-state index < -0.39 is 29.3 Å². The number of nitrogens with two attached hydrogens (primary N) is 1. The number of benzene rings is 4. The summed E-state index contributed by atoms with van der Waals surface area (Å²) >= 11 is 12.6. The molecule has 0 radical (unpaired) electrons. The molecule has 0 aliphatic heterocycles. The highest BCUT2D eigenvalue weighted by molar-refractivity contribution is 7.74. The smallest absolute Gasteiger partial charge is 0.335 e. The third-order valence-electron chi connectivity index (χ3n) is 6.67. The number of rotatable bonds is 10. The van der Waals surface area contributed by atoms with E-state index in [1.165, 1.54) is 0 Å². The number of thiol groups is 1. The van der Waals surface area contributed by atoms with Crippen LogP contribution in [0.2, 0.25) is 10.0 Å². The molecule has 0 aliphatic carbocycles. The van der Waals surface area contributed by atoms with E-state index in [1.54, 1.807) is 60.7 Å². The van der Waals surface area contributed by atoms with Crippen molar-refractivity contribution in [1.29, 1.82) is 0 Å². The molecular formula is C31H24Cl2N4O5S. The SMILES string of the molecule is NC(=O)CN(c1ccc(-n2cc(-c3ccc(Cl)cc3Cl)nc2Cc2ccc(-c3cccc(C(=O)O)c3)cc2)cc1)[SH](=O)=O. The van der Waals surface area contributed by atoms with Gasteiger partial charge in [0.05, 0.1) is 22.0 Å². The van der Waals surface area contributed by atoms with Gasteiger partial charge in [-0.3, -0.25) is 9.10 Å². The van der Waals surface area contributed by atoms with Gasteiger partial charge in [0.15, 0.2) is 0 Å². The Morgan fingerprint density at radius 2 is 1.63 bits per heavy atom. The molecule has 1 heterocycles. The van der Waals surface area contributed by atoms with Gasteiger partial charge < -0.3 is 15.4 Å². The van der Waals surface area contributed by atoms with E-state index in [2.05, 4.69) is 0 Å². The Kier molecular flexibility index (Phi) is 8.81. The van der Waals surface area contributed by atoms with Crippen LogP contribution in [0.1, 0.15) is 21.7 Å². The van der Waals surface area contributed by atoms with Crippen molar-refractivity contribution in [3.63, 3.8) is 0 Å². The minimum atomic E-state index is -3.07. The lowest BCUT2D eigenvalue weighted by Crippen LogP contribution is -2.32. The van der Waals surface area contributed by atoms with E-state index in [4.69, 9.17) is 33.9 Å². The van der Waals surface area contributed by atoms with Crippen molar-refractivity contribution in [3.05, 3.63) is 124 Å². The van der Waals surface area contributed by atoms with Crippen LogP contribution in [-0.4, -0.2) is 41.5 Å². The Hall–Kier alpha value is -4.64. The number of carbonyl (C=O) groups excluding carboxylic acids is 1. The van der Waals surface area contributed by atoms with Gasteiger partial charge >= 0.3 is 5.97 Å². The molecule has 218 valence electrons. The molecule has 12 heteroatoms. The van der Waals surface area contributed by atoms with Crippen molar-refractivity contribution in [3.8, 4) is 28.1 Å². The molecule has 5 rings (SSSR count). The van der Waals surface area contributed by atoms with Crippen LogP contribution in [0.25, 0.3) is 28.1 Å². The molecular weight excluding hydrogens is 611 g/mol. The molecule has 9 nitrogen and oxygen atoms in total. The average molecular weight is 636 g/mol. The van der Waals surface area contributed by atoms with Gasteiger partial charge in [0.1, 0.15) is 12.4 Å². The van der Waals surface area contributed by atoms with Crippen molar-refractivity contribution in [2.75, 3.05) is 10.8 Å². The average Bonchev–Trinajstić information content (AvgIpc) is 3.39. The number of carbonyl (C=O) groups is 2. The monoisotopic (exact) mass is 634 g/mol. The van der Waals surface area contributed by atoms with Gasteiger partial charge in [-0.25, -0.2) is 18.2 Å². The van der Waals surface area contributed by atoms with Crippen LogP contribution in [-0.2, 0) is 22.1 Å². The number of hydrogen-bond donors (Lipinski definition) is 3. The van der Waals surface area contributed by atoms with Gasteiger partial charge in [-0.2, -0.15) is 0 Å². The van der Waals surface area contributed by atoms with E-state index in [0.717, 1.165) is 21.0 Å². The first-order chi connectivity index (χ1) is 20.6. The molecule has 0 atom stereocenters. The third-order valence-corrected chi connectivity index (χ3v) is 7.99. The zero-order chi connectivity index (χ0) is 30.7. The summed E-state index contributed by atoms with van der Waals surface area (Å²) in [6.45, 7) is -0.468. The van der Waals surface area contributed by atoms with Gasteiger partial charge in [-0.1, -0.05) is 59.6 Å². The fourth-order valence-electron chi connectivity index (χ4n) is 4.60. The topological polar surface area (TPSA) is 136 Å². The van der Waals surface area contributed by atoms with E-state index in [9.17, 15) is 23.1 Å². The van der Waals surface area contributed by atoms with Crippen molar-refractivity contribution in [1.82, 2.24) is 9.55 Å². The van der Waals surface area contributed by atoms with Crippen molar-refractivity contribution in [2.24, 2.45) is 5.73 Å². The van der Waals surface area contributed by atoms with Gasteiger partial charge in [0, 0.05) is 28.9 Å². The van der Waals surface area contributed by atoms with E-state index >= 15 is 0 Å². The number of primary amides is 1. The Labute approximate surface area is 258 Å². The summed E-state index contributed by atoms with van der Waals surface area (Å²) in [6, 6.07) is 26.3. The lowest BCUT2D eigenvalue weighted by atomic mass is 10.0. The standard InChI is InChI=1S/C31H24Cl2N4O5S/c32-23-8-13-26(27(33)16-23)28-17-36(24-9-11-25(12-10-24)37(43(41)42)18-29(34)38)30(35-28)14-19-4-6-20(7-5-19)21-2-1-3-22(15-21)31(39)40/h1-13,15-17,43H,14,18H2,(H2,34,38)(H,39,40). The molecule has 4 aromatic carbocycles. The first kappa shape index (κ1) is 29.8. The molecule has 5 aromatic rings. The van der Waals surface area contributed by atoms with Crippen LogP contribution >= 0.6 is 23.2 Å². The lowest BCUT2D eigenvalue weighted by molar-refractivity contribution is -0.116. The summed E-state index contributed by atoms with van der Waals surface area (Å²) < 4.78 is 26.2. The fourth-order valence-corrected chi connectivity index (χ4v) is 5.68. The summed E-state index contributed by atoms with van der Waals surface area (Å²) in [5.74, 6) is -1.08. The third kappa shape index (κ3) is 6.89. The highest BCUT2D eigenvalue weighted by atomic mass is 35.5. The molecule has 0 saturated carbocycles. The van der Waals surface area contributed by atoms with Gasteiger partial charge in [-0.15, -0.1) is 0 Å². The second-order valence-corrected chi connectivity index (χ2v) is 11.4. The molecule has 0 saturated heterocycles. The molecule has 3 N–H and O–H groups in total. The first-order valence-corrected chi connectivity index (χ1v) is 14.7. The zero-order valence-corrected chi connectivity index (χ0v) is 24.8. The predicted molar refractivity (Wildman–Crippen MR) is 168 cm³/mol. The van der Waals surface area contributed by atoms with Crippen molar-refractivity contribution < 1.29 is 23.1 Å². The van der Waals surface area contributed by atoms with Gasteiger partial charge in [0.25, 0.3) is 0 Å². The fraction of sp³-hybridized carbons (Fsp3) is 0.0645. The molecule has 43 heavy (non-hydrogen) atoms. The maximum absolute atomic E-state index is 11.7. The van der Waals surface area contributed by atoms with Gasteiger partial charge in [-0.05, 0) is 71.3 Å². The normalized spacial score (nSPS) is 11.0. The lowest BCUT2D eigenvalue weighted by Gasteiger charge is -2.16. The molecule has 0 fully saturated rings. The number of carboxylic acids is 1. The first-order valence-electron chi connectivity index (χ1n) is 12.9. The van der Waals surface area contributed by atoms with E-state index in [-0.39, 0.29) is 5.56 Å². The maximum Gasteiger partial charge on any atom is 0.335 e. The van der Waals surface area contributed by atoms with Crippen LogP contribution in [0.4, 0.5) is 5.69 Å². The summed E-state index contributed by atoms with van der Waals surface area (Å²) in [5.41, 5.74) is 10.3. The maximum atomic E-state index is 11.7. The minimum absolute atomic E-state index is 0.211. The quantitative estimate of drug-likeness (QED) is 0.171. The molecule has 0 bridgehead atoms. The number of halogens is 2. The van der Waals surface area contributed by atoms with Crippen LogP contribution in [0.3, 0.4) is 0 Å². The highest BCUT2D eigenvalue weighted by Gasteiger charge is 2.17. The molecule has 0 aliphatic rings. The molecule has 1 amide bonds. The predicted octanol–water partition coefficient (Wildman–Crippen LogP) is 5.62. The van der Waals surface area contributed by atoms with E-state index in [1.807, 2.05) is 41.1 Å². The van der Waals surface area contributed by atoms with Crippen LogP contribution in [0.5, 0.6) is 0 Å². The number of imidazole rings is 1. The van der Waals surface area contributed by atoms with E-state index in [0.29, 0.717) is 44.9 Å². The molecule has 1 aromatic heterocycles. The number of aromatic nitrogens is 2. The number of carboxylic acid groups (broad SMARTS) is 1. The Morgan fingerprint density at radius 3 is 2.26 bits per heavy atom. The number of hydrogen-bond acceptors (Lipinski definition) is 5. The number of anilines is 1. The number of aromatic carboxylic acids is 1. The van der Waals surface area contributed by atoms with Gasteiger partial charge in [0.2, 0.25) is 16.8 Å². The number of nitrogens with zero attached hydrogens (tertiary/aromatic N) is 3. The van der Waals surface area contributed by atoms with Crippen LogP contribution < -0.4 is 10.0 Å². The van der Waals surface area contributed by atoms with Crippen molar-refractivity contribution >= 4 is 51.7 Å². The second kappa shape index (κ2) is 12.7. The Morgan fingerprint density at radius 1 is 0.907 bits per heavy atom. The Balaban J connectivity index is 1.51. The number of amides is 1. The summed E-state index contributed by atoms with van der Waals surface area (Å²) in [7, 11) is -3.07. The minimum Gasteiger partial charge on any atom is -0.478 e. The summed E-state index contributed by atoms with van der Waals surface area (Å²) in [6.07, 6.45) is 2.27. The van der Waals surface area contributed by atoms with Crippen molar-refractivity contribution in [2.45, 2.75) is 6.42 Å². The highest BCUT2D eigenvalue weighted by Crippen LogP contribution is 2.32.